The highest BCUT2D eigenvalue weighted by Crippen LogP contribution is 2.35. The molecule has 0 saturated carbocycles. The molecular weight excluding hydrogens is 306 g/mol. The molecule has 0 aliphatic carbocycles. The second-order valence-electron chi connectivity index (χ2n) is 6.23. The summed E-state index contributed by atoms with van der Waals surface area (Å²) >= 11 is 0. The van der Waals surface area contributed by atoms with Crippen LogP contribution in [0.1, 0.15) is 34.2 Å². The summed E-state index contributed by atoms with van der Waals surface area (Å²) in [5, 5.41) is 2.91. The normalized spacial score (nSPS) is 20.9. The van der Waals surface area contributed by atoms with Crippen LogP contribution in [-0.4, -0.2) is 45.9 Å². The number of carbonyl (C=O) groups is 1. The van der Waals surface area contributed by atoms with Crippen molar-refractivity contribution in [3.63, 3.8) is 0 Å². The lowest BCUT2D eigenvalue weighted by Gasteiger charge is -2.25. The zero-order chi connectivity index (χ0) is 17.1. The molecule has 0 unspecified atom stereocenters. The van der Waals surface area contributed by atoms with Gasteiger partial charge >= 0.3 is 5.69 Å². The van der Waals surface area contributed by atoms with E-state index in [2.05, 4.69) is 38.3 Å². The number of H-pyrrole nitrogens is 1. The Morgan fingerprint density at radius 3 is 3.04 bits per heavy atom. The van der Waals surface area contributed by atoms with Crippen molar-refractivity contribution in [2.24, 2.45) is 5.92 Å². The molecule has 2 aromatic rings. The number of aromatic nitrogens is 3. The molecule has 7 heteroatoms. The van der Waals surface area contributed by atoms with Crippen LogP contribution in [0.3, 0.4) is 0 Å². The van der Waals surface area contributed by atoms with E-state index in [-0.39, 0.29) is 17.6 Å². The van der Waals surface area contributed by atoms with E-state index >= 15 is 0 Å². The van der Waals surface area contributed by atoms with Crippen molar-refractivity contribution in [2.45, 2.75) is 19.4 Å². The predicted octanol–water partition coefficient (Wildman–Crippen LogP) is 0.896. The quantitative estimate of drug-likeness (QED) is 0.870. The van der Waals surface area contributed by atoms with Crippen LogP contribution in [-0.2, 0) is 0 Å². The Bertz CT molecular complexity index is 774. The van der Waals surface area contributed by atoms with Gasteiger partial charge in [-0.25, -0.2) is 4.79 Å². The lowest BCUT2D eigenvalue weighted by molar-refractivity contribution is 0.0938. The molecule has 1 amide bonds. The monoisotopic (exact) mass is 327 g/mol. The summed E-state index contributed by atoms with van der Waals surface area (Å²) < 4.78 is 0. The zero-order valence-electron chi connectivity index (χ0n) is 13.8. The van der Waals surface area contributed by atoms with Crippen molar-refractivity contribution in [3.8, 4) is 0 Å². The third-order valence-electron chi connectivity index (χ3n) is 4.44. The van der Waals surface area contributed by atoms with Gasteiger partial charge < -0.3 is 10.3 Å². The van der Waals surface area contributed by atoms with Gasteiger partial charge in [0.05, 0.1) is 0 Å². The summed E-state index contributed by atoms with van der Waals surface area (Å²) in [6, 6.07) is 5.81. The van der Waals surface area contributed by atoms with Gasteiger partial charge in [0.15, 0.2) is 0 Å². The Morgan fingerprint density at radius 2 is 2.33 bits per heavy atom. The smallest absolute Gasteiger partial charge is 0.345 e. The van der Waals surface area contributed by atoms with Crippen molar-refractivity contribution in [1.29, 1.82) is 0 Å². The van der Waals surface area contributed by atoms with E-state index < -0.39 is 5.69 Å². The molecule has 0 bridgehead atoms. The molecule has 1 aliphatic rings. The van der Waals surface area contributed by atoms with Gasteiger partial charge in [0.2, 0.25) is 0 Å². The molecule has 1 fully saturated rings. The maximum absolute atomic E-state index is 12.3. The third-order valence-corrected chi connectivity index (χ3v) is 4.44. The highest BCUT2D eigenvalue weighted by atomic mass is 16.2. The summed E-state index contributed by atoms with van der Waals surface area (Å²) in [5.74, 6) is -0.0186. The lowest BCUT2D eigenvalue weighted by atomic mass is 9.95. The van der Waals surface area contributed by atoms with Gasteiger partial charge in [0.1, 0.15) is 5.69 Å². The van der Waals surface area contributed by atoms with E-state index in [0.717, 1.165) is 18.5 Å². The van der Waals surface area contributed by atoms with Crippen molar-refractivity contribution >= 4 is 5.91 Å². The first-order chi connectivity index (χ1) is 11.5. The highest BCUT2D eigenvalue weighted by Gasteiger charge is 2.33. The lowest BCUT2D eigenvalue weighted by Crippen LogP contribution is -2.34. The Kier molecular flexibility index (Phi) is 4.71. The number of nitrogens with one attached hydrogen (secondary N) is 2. The molecule has 2 aromatic heterocycles. The fourth-order valence-electron chi connectivity index (χ4n) is 3.33. The maximum atomic E-state index is 12.3. The molecule has 126 valence electrons. The molecule has 0 radical (unpaired) electrons. The molecule has 0 aromatic carbocycles. The van der Waals surface area contributed by atoms with Crippen molar-refractivity contribution < 1.29 is 4.79 Å². The standard InChI is InChI=1S/C17H21N5O2/c1-11-8-14(21-17(24)20-11)16(23)19-10-13-5-7-22(2)15(13)12-4-3-6-18-9-12/h3-4,6,8-9,13,15H,5,7,10H2,1-2H3,(H,19,23)(H,20,21,24)/t13-,15-/m0/s1. The number of hydrogen-bond acceptors (Lipinski definition) is 5. The first-order valence-electron chi connectivity index (χ1n) is 8.01. The number of aryl methyl sites for hydroxylation is 1. The summed E-state index contributed by atoms with van der Waals surface area (Å²) in [5.41, 5.74) is 1.42. The van der Waals surface area contributed by atoms with E-state index in [4.69, 9.17) is 0 Å². The molecule has 3 rings (SSSR count). The fraction of sp³-hybridized carbons (Fsp3) is 0.412. The molecule has 1 saturated heterocycles. The molecule has 1 aliphatic heterocycles. The number of nitrogens with zero attached hydrogens (tertiary/aromatic N) is 3. The van der Waals surface area contributed by atoms with E-state index in [1.165, 1.54) is 0 Å². The summed E-state index contributed by atoms with van der Waals surface area (Å²) in [6.45, 7) is 3.24. The fourth-order valence-corrected chi connectivity index (χ4v) is 3.33. The topological polar surface area (TPSA) is 91.0 Å². The van der Waals surface area contributed by atoms with Crippen LogP contribution in [0.25, 0.3) is 0 Å². The van der Waals surface area contributed by atoms with Gasteiger partial charge in [-0.2, -0.15) is 4.98 Å². The van der Waals surface area contributed by atoms with Crippen LogP contribution in [0.5, 0.6) is 0 Å². The highest BCUT2D eigenvalue weighted by molar-refractivity contribution is 5.92. The second-order valence-corrected chi connectivity index (χ2v) is 6.23. The first kappa shape index (κ1) is 16.3. The van der Waals surface area contributed by atoms with Crippen LogP contribution in [0.15, 0.2) is 35.4 Å². The van der Waals surface area contributed by atoms with E-state index in [1.807, 2.05) is 12.3 Å². The van der Waals surface area contributed by atoms with E-state index in [9.17, 15) is 9.59 Å². The average molecular weight is 327 g/mol. The van der Waals surface area contributed by atoms with Crippen LogP contribution in [0.4, 0.5) is 0 Å². The summed E-state index contributed by atoms with van der Waals surface area (Å²) in [4.78, 5) is 36.4. The molecule has 0 spiro atoms. The number of rotatable bonds is 4. The molecule has 2 atom stereocenters. The molecule has 2 N–H and O–H groups in total. The van der Waals surface area contributed by atoms with Crippen LogP contribution < -0.4 is 11.0 Å². The van der Waals surface area contributed by atoms with Gasteiger partial charge in [-0.1, -0.05) is 6.07 Å². The molecule has 3 heterocycles. The Morgan fingerprint density at radius 1 is 1.50 bits per heavy atom. The second kappa shape index (κ2) is 6.92. The largest absolute Gasteiger partial charge is 0.350 e. The number of aromatic amines is 1. The summed E-state index contributed by atoms with van der Waals surface area (Å²) in [7, 11) is 2.08. The van der Waals surface area contributed by atoms with E-state index in [1.54, 1.807) is 19.2 Å². The number of amides is 1. The van der Waals surface area contributed by atoms with Crippen LogP contribution in [0, 0.1) is 12.8 Å². The Hall–Kier alpha value is -2.54. The minimum Gasteiger partial charge on any atom is -0.350 e. The van der Waals surface area contributed by atoms with Crippen LogP contribution in [0.2, 0.25) is 0 Å². The molecule has 7 nitrogen and oxygen atoms in total. The number of carbonyl (C=O) groups excluding carboxylic acids is 1. The van der Waals surface area contributed by atoms with Gasteiger partial charge in [-0.3, -0.25) is 14.7 Å². The van der Waals surface area contributed by atoms with Gasteiger partial charge in [-0.05, 0) is 50.6 Å². The minimum atomic E-state index is -0.506. The van der Waals surface area contributed by atoms with Gasteiger partial charge in [-0.15, -0.1) is 0 Å². The predicted molar refractivity (Wildman–Crippen MR) is 89.6 cm³/mol. The molecule has 24 heavy (non-hydrogen) atoms. The number of pyridine rings is 1. The SMILES string of the molecule is Cc1cc(C(=O)NC[C@@H]2CCN(C)[C@H]2c2cccnc2)nc(=O)[nH]1. The van der Waals surface area contributed by atoms with Gasteiger partial charge in [0.25, 0.3) is 5.91 Å². The maximum Gasteiger partial charge on any atom is 0.345 e. The first-order valence-corrected chi connectivity index (χ1v) is 8.01. The van der Waals surface area contributed by atoms with Crippen molar-refractivity contribution in [1.82, 2.24) is 25.2 Å². The van der Waals surface area contributed by atoms with Gasteiger partial charge in [0, 0.05) is 30.7 Å². The Balaban J connectivity index is 1.69. The van der Waals surface area contributed by atoms with Crippen LogP contribution >= 0.6 is 0 Å². The minimum absolute atomic E-state index is 0.153. The number of hydrogen-bond donors (Lipinski definition) is 2. The Labute approximate surface area is 140 Å². The number of likely N-dealkylation sites (tertiary alicyclic amines) is 1. The molecular formula is C17H21N5O2. The zero-order valence-corrected chi connectivity index (χ0v) is 13.8. The summed E-state index contributed by atoms with van der Waals surface area (Å²) in [6.07, 6.45) is 4.64. The van der Waals surface area contributed by atoms with Crippen molar-refractivity contribution in [2.75, 3.05) is 20.1 Å². The van der Waals surface area contributed by atoms with E-state index in [0.29, 0.717) is 18.2 Å². The third kappa shape index (κ3) is 3.51. The van der Waals surface area contributed by atoms with Crippen molar-refractivity contribution in [3.05, 3.63) is 58.0 Å². The average Bonchev–Trinajstić information content (AvgIpc) is 2.93.